The molecule has 4 nitrogen and oxygen atoms in total. The van der Waals surface area contributed by atoms with E-state index in [0.717, 1.165) is 26.9 Å². The second-order valence-electron chi connectivity index (χ2n) is 4.61. The molecule has 0 radical (unpaired) electrons. The lowest BCUT2D eigenvalue weighted by molar-refractivity contribution is -0.134. The summed E-state index contributed by atoms with van der Waals surface area (Å²) in [6.45, 7) is 1.99. The number of aromatic nitrogens is 1. The molecule has 2 amide bonds. The van der Waals surface area contributed by atoms with Crippen LogP contribution in [0, 0.1) is 6.92 Å². The Morgan fingerprint density at radius 3 is 2.58 bits per heavy atom. The number of carbonyl (C=O) groups is 2. The lowest BCUT2D eigenvalue weighted by Gasteiger charge is -2.05. The number of rotatable bonds is 1. The molecule has 0 saturated heterocycles. The number of halogens is 1. The third-order valence-corrected chi connectivity index (χ3v) is 4.07. The monoisotopic (exact) mass is 318 g/mol. The summed E-state index contributed by atoms with van der Waals surface area (Å²) in [6.07, 6.45) is 1.77. The van der Waals surface area contributed by atoms with E-state index in [2.05, 4.69) is 20.9 Å². The Hall–Kier alpha value is -1.88. The van der Waals surface area contributed by atoms with Gasteiger partial charge in [-0.1, -0.05) is 11.6 Å². The van der Waals surface area contributed by atoms with Crippen LogP contribution < -0.4 is 0 Å². The van der Waals surface area contributed by atoms with E-state index in [4.69, 9.17) is 0 Å². The van der Waals surface area contributed by atoms with Crippen molar-refractivity contribution in [2.24, 2.45) is 0 Å². The molecule has 1 aromatic carbocycles. The predicted molar refractivity (Wildman–Crippen MR) is 76.7 cm³/mol. The van der Waals surface area contributed by atoms with Gasteiger partial charge in [-0.3, -0.25) is 14.5 Å². The fourth-order valence-corrected chi connectivity index (χ4v) is 2.93. The first kappa shape index (κ1) is 12.2. The number of carbonyl (C=O) groups excluding carboxylic acids is 2. The highest BCUT2D eigenvalue weighted by Gasteiger charge is 2.36. The zero-order valence-corrected chi connectivity index (χ0v) is 12.0. The van der Waals surface area contributed by atoms with Crippen LogP contribution in [0.2, 0.25) is 0 Å². The summed E-state index contributed by atoms with van der Waals surface area (Å²) in [6, 6.07) is 5.97. The fraction of sp³-hybridized carbons (Fsp3) is 0.143. The van der Waals surface area contributed by atoms with E-state index in [-0.39, 0.29) is 11.8 Å². The molecule has 19 heavy (non-hydrogen) atoms. The normalized spacial score (nSPS) is 16.1. The van der Waals surface area contributed by atoms with E-state index in [1.165, 1.54) is 7.05 Å². The van der Waals surface area contributed by atoms with E-state index in [9.17, 15) is 9.59 Å². The molecule has 0 bridgehead atoms. The molecule has 0 fully saturated rings. The Morgan fingerprint density at radius 1 is 1.21 bits per heavy atom. The van der Waals surface area contributed by atoms with E-state index in [1.54, 1.807) is 6.20 Å². The van der Waals surface area contributed by atoms with Crippen LogP contribution in [0.5, 0.6) is 0 Å². The zero-order chi connectivity index (χ0) is 13.7. The van der Waals surface area contributed by atoms with Gasteiger partial charge in [-0.05, 0) is 35.0 Å². The smallest absolute Gasteiger partial charge is 0.268 e. The third kappa shape index (κ3) is 1.65. The molecule has 3 rings (SSSR count). The van der Waals surface area contributed by atoms with Gasteiger partial charge in [-0.25, -0.2) is 0 Å². The van der Waals surface area contributed by atoms with Crippen LogP contribution in [0.15, 0.2) is 28.9 Å². The van der Waals surface area contributed by atoms with Gasteiger partial charge in [0.1, 0.15) is 0 Å². The van der Waals surface area contributed by atoms with Crippen LogP contribution in [-0.2, 0) is 9.59 Å². The second-order valence-corrected chi connectivity index (χ2v) is 5.40. The quantitative estimate of drug-likeness (QED) is 0.822. The van der Waals surface area contributed by atoms with Crippen LogP contribution in [0.3, 0.4) is 0 Å². The molecular formula is C14H11BrN2O2. The molecule has 2 heterocycles. The van der Waals surface area contributed by atoms with Crippen molar-refractivity contribution in [3.8, 4) is 0 Å². The topological polar surface area (TPSA) is 53.2 Å². The number of benzene rings is 1. The number of hydrogen-bond donors (Lipinski definition) is 1. The van der Waals surface area contributed by atoms with Crippen molar-refractivity contribution >= 4 is 44.2 Å². The van der Waals surface area contributed by atoms with E-state index in [1.807, 2.05) is 25.1 Å². The Morgan fingerprint density at radius 2 is 1.95 bits per heavy atom. The van der Waals surface area contributed by atoms with Crippen molar-refractivity contribution < 1.29 is 9.59 Å². The second kappa shape index (κ2) is 4.06. The Kier molecular flexibility index (Phi) is 2.60. The van der Waals surface area contributed by atoms with E-state index < -0.39 is 0 Å². The van der Waals surface area contributed by atoms with Gasteiger partial charge in [0.15, 0.2) is 0 Å². The van der Waals surface area contributed by atoms with Crippen LogP contribution >= 0.6 is 15.9 Å². The van der Waals surface area contributed by atoms with Gasteiger partial charge in [-0.2, -0.15) is 0 Å². The molecule has 0 unspecified atom stereocenters. The standard InChI is InChI=1S/C14H11BrN2O2/c1-7-3-4-10-8(5-7)9(6-16-10)11-12(15)14(19)17(2)13(11)18/h3-6,16H,1-2H3. The van der Waals surface area contributed by atoms with E-state index in [0.29, 0.717) is 10.1 Å². The maximum atomic E-state index is 12.2. The predicted octanol–water partition coefficient (Wildman–Crippen LogP) is 2.58. The number of amides is 2. The van der Waals surface area contributed by atoms with Gasteiger partial charge < -0.3 is 4.98 Å². The fourth-order valence-electron chi connectivity index (χ4n) is 2.28. The van der Waals surface area contributed by atoms with Crippen LogP contribution in [0.1, 0.15) is 11.1 Å². The maximum Gasteiger partial charge on any atom is 0.268 e. The Balaban J connectivity index is 2.28. The van der Waals surface area contributed by atoms with Crippen molar-refractivity contribution in [2.75, 3.05) is 7.05 Å². The number of likely N-dealkylation sites (N-methyl/N-ethyl adjacent to an activating group) is 1. The number of aromatic amines is 1. The Bertz CT molecular complexity index is 758. The maximum absolute atomic E-state index is 12.2. The number of nitrogens with zero attached hydrogens (tertiary/aromatic N) is 1. The average Bonchev–Trinajstić information content (AvgIpc) is 2.86. The minimum Gasteiger partial charge on any atom is -0.361 e. The molecule has 1 aliphatic heterocycles. The minimum atomic E-state index is -0.304. The van der Waals surface area contributed by atoms with Crippen molar-refractivity contribution in [1.29, 1.82) is 0 Å². The number of hydrogen-bond acceptors (Lipinski definition) is 2. The molecule has 0 spiro atoms. The number of H-pyrrole nitrogens is 1. The molecule has 5 heteroatoms. The lowest BCUT2D eigenvalue weighted by Crippen LogP contribution is -2.26. The highest BCUT2D eigenvalue weighted by atomic mass is 79.9. The summed E-state index contributed by atoms with van der Waals surface area (Å²) in [5, 5.41) is 0.948. The first-order valence-corrected chi connectivity index (χ1v) is 6.60. The Labute approximate surface area is 118 Å². The van der Waals surface area contributed by atoms with Crippen molar-refractivity contribution in [3.63, 3.8) is 0 Å². The third-order valence-electron chi connectivity index (χ3n) is 3.34. The van der Waals surface area contributed by atoms with Gasteiger partial charge in [0.25, 0.3) is 11.8 Å². The summed E-state index contributed by atoms with van der Waals surface area (Å²) in [4.78, 5) is 28.2. The van der Waals surface area contributed by atoms with Gasteiger partial charge in [0, 0.05) is 29.7 Å². The minimum absolute atomic E-state index is 0.278. The molecule has 1 aromatic heterocycles. The molecule has 2 aromatic rings. The zero-order valence-electron chi connectivity index (χ0n) is 10.5. The summed E-state index contributed by atoms with van der Waals surface area (Å²) in [5.74, 6) is -0.582. The summed E-state index contributed by atoms with van der Waals surface area (Å²) in [5.41, 5.74) is 3.23. The first-order valence-electron chi connectivity index (χ1n) is 5.81. The number of fused-ring (bicyclic) bond motifs is 1. The molecular weight excluding hydrogens is 308 g/mol. The molecule has 1 aliphatic rings. The van der Waals surface area contributed by atoms with Crippen molar-refractivity contribution in [2.45, 2.75) is 6.92 Å². The molecule has 1 N–H and O–H groups in total. The van der Waals surface area contributed by atoms with Gasteiger partial charge in [-0.15, -0.1) is 0 Å². The van der Waals surface area contributed by atoms with Crippen molar-refractivity contribution in [1.82, 2.24) is 9.88 Å². The van der Waals surface area contributed by atoms with Gasteiger partial charge in [0.05, 0.1) is 10.1 Å². The molecule has 0 saturated carbocycles. The first-order chi connectivity index (χ1) is 9.00. The highest BCUT2D eigenvalue weighted by molar-refractivity contribution is 9.12. The highest BCUT2D eigenvalue weighted by Crippen LogP contribution is 2.35. The average molecular weight is 319 g/mol. The number of aryl methyl sites for hydroxylation is 1. The van der Waals surface area contributed by atoms with E-state index >= 15 is 0 Å². The van der Waals surface area contributed by atoms with Crippen LogP contribution in [0.25, 0.3) is 16.5 Å². The van der Waals surface area contributed by atoms with Crippen LogP contribution in [0.4, 0.5) is 0 Å². The summed E-state index contributed by atoms with van der Waals surface area (Å²) >= 11 is 3.23. The number of imide groups is 1. The molecule has 0 aliphatic carbocycles. The summed E-state index contributed by atoms with van der Waals surface area (Å²) in [7, 11) is 1.49. The van der Waals surface area contributed by atoms with Gasteiger partial charge >= 0.3 is 0 Å². The largest absolute Gasteiger partial charge is 0.361 e. The molecule has 96 valence electrons. The van der Waals surface area contributed by atoms with Crippen LogP contribution in [-0.4, -0.2) is 28.7 Å². The number of nitrogens with one attached hydrogen (secondary N) is 1. The molecule has 0 atom stereocenters. The van der Waals surface area contributed by atoms with Crippen molar-refractivity contribution in [3.05, 3.63) is 40.0 Å². The summed E-state index contributed by atoms with van der Waals surface area (Å²) < 4.78 is 0.322. The lowest BCUT2D eigenvalue weighted by atomic mass is 10.0. The SMILES string of the molecule is Cc1ccc2[nH]cc(C3=C(Br)C(=O)N(C)C3=O)c2c1. The van der Waals surface area contributed by atoms with Gasteiger partial charge in [0.2, 0.25) is 0 Å².